The Labute approximate surface area is 157 Å². The molecule has 1 atom stereocenters. The fraction of sp³-hybridized carbons (Fsp3) is 0.312. The highest BCUT2D eigenvalue weighted by Crippen LogP contribution is 2.30. The predicted molar refractivity (Wildman–Crippen MR) is 96.6 cm³/mol. The van der Waals surface area contributed by atoms with Gasteiger partial charge < -0.3 is 9.47 Å². The minimum Gasteiger partial charge on any atom is -0.327 e. The second-order valence-corrected chi connectivity index (χ2v) is 7.33. The Morgan fingerprint density at radius 1 is 1.27 bits per heavy atom. The number of amides is 1. The van der Waals surface area contributed by atoms with Crippen LogP contribution in [-0.2, 0) is 6.54 Å². The molecule has 4 rings (SSSR count). The van der Waals surface area contributed by atoms with Crippen molar-refractivity contribution in [3.8, 4) is 10.8 Å². The quantitative estimate of drug-likeness (QED) is 0.640. The first kappa shape index (κ1) is 17.1. The van der Waals surface area contributed by atoms with Gasteiger partial charge in [0, 0.05) is 18.7 Å². The number of halogens is 1. The zero-order valence-corrected chi connectivity index (χ0v) is 15.7. The van der Waals surface area contributed by atoms with E-state index in [4.69, 9.17) is 0 Å². The zero-order chi connectivity index (χ0) is 18.3. The summed E-state index contributed by atoms with van der Waals surface area (Å²) >= 11 is 2.77. The van der Waals surface area contributed by atoms with Crippen molar-refractivity contribution in [1.82, 2.24) is 29.0 Å². The molecule has 0 spiro atoms. The van der Waals surface area contributed by atoms with E-state index in [2.05, 4.69) is 19.6 Å². The van der Waals surface area contributed by atoms with Gasteiger partial charge in [-0.15, -0.1) is 10.2 Å². The van der Waals surface area contributed by atoms with Crippen LogP contribution in [0.5, 0.6) is 0 Å². The summed E-state index contributed by atoms with van der Waals surface area (Å²) in [7, 11) is 0. The molecule has 0 bridgehead atoms. The Morgan fingerprint density at radius 3 is 2.73 bits per heavy atom. The van der Waals surface area contributed by atoms with Crippen LogP contribution in [0.15, 0.2) is 29.4 Å². The van der Waals surface area contributed by atoms with E-state index in [0.29, 0.717) is 35.5 Å². The first-order chi connectivity index (χ1) is 12.6. The molecule has 7 nitrogen and oxygen atoms in total. The fourth-order valence-electron chi connectivity index (χ4n) is 2.96. The van der Waals surface area contributed by atoms with Gasteiger partial charge in [0.2, 0.25) is 5.16 Å². The number of carbonyl (C=O) groups is 1. The van der Waals surface area contributed by atoms with Crippen molar-refractivity contribution < 1.29 is 9.18 Å². The van der Waals surface area contributed by atoms with Crippen molar-refractivity contribution in [2.24, 2.45) is 0 Å². The van der Waals surface area contributed by atoms with E-state index in [0.717, 1.165) is 5.01 Å². The van der Waals surface area contributed by atoms with Crippen LogP contribution in [0.4, 0.5) is 4.39 Å². The minimum absolute atomic E-state index is 0.145. The number of fused-ring (bicyclic) bond motifs is 1. The highest BCUT2D eigenvalue weighted by Gasteiger charge is 2.32. The normalized spacial score (nSPS) is 16.6. The number of aromatic nitrogens is 5. The summed E-state index contributed by atoms with van der Waals surface area (Å²) in [5, 5.41) is 9.98. The lowest BCUT2D eigenvalue weighted by Crippen LogP contribution is -2.41. The summed E-state index contributed by atoms with van der Waals surface area (Å²) in [5.74, 6) is 0.884. The molecule has 1 aliphatic heterocycles. The first-order valence-corrected chi connectivity index (χ1v) is 9.96. The number of hydrogen-bond donors (Lipinski definition) is 0. The third kappa shape index (κ3) is 2.88. The van der Waals surface area contributed by atoms with Crippen molar-refractivity contribution in [2.45, 2.75) is 24.7 Å². The van der Waals surface area contributed by atoms with Crippen molar-refractivity contribution in [3.05, 3.63) is 41.5 Å². The monoisotopic (exact) mass is 390 g/mol. The zero-order valence-electron chi connectivity index (χ0n) is 14.1. The van der Waals surface area contributed by atoms with Crippen LogP contribution in [0.2, 0.25) is 0 Å². The molecule has 26 heavy (non-hydrogen) atoms. The van der Waals surface area contributed by atoms with E-state index in [1.165, 1.54) is 47.6 Å². The number of benzene rings is 1. The molecule has 0 saturated heterocycles. The molecule has 2 aromatic heterocycles. The van der Waals surface area contributed by atoms with E-state index >= 15 is 0 Å². The second kappa shape index (κ2) is 6.76. The molecule has 0 saturated carbocycles. The van der Waals surface area contributed by atoms with Gasteiger partial charge in [-0.3, -0.25) is 4.79 Å². The SMILES string of the molecule is CSc1nsc(-c2nnc3n2CCN(C(=O)c2ccc(F)cc2)[C@@H]3C)n1. The molecule has 0 N–H and O–H groups in total. The predicted octanol–water partition coefficient (Wildman–Crippen LogP) is 2.87. The molecule has 0 unspecified atom stereocenters. The molecular weight excluding hydrogens is 375 g/mol. The van der Waals surface area contributed by atoms with Gasteiger partial charge in [-0.2, -0.15) is 4.37 Å². The van der Waals surface area contributed by atoms with E-state index in [1.54, 1.807) is 4.90 Å². The maximum Gasteiger partial charge on any atom is 0.254 e. The van der Waals surface area contributed by atoms with Crippen LogP contribution < -0.4 is 0 Å². The molecule has 134 valence electrons. The largest absolute Gasteiger partial charge is 0.327 e. The summed E-state index contributed by atoms with van der Waals surface area (Å²) in [6.07, 6.45) is 1.92. The highest BCUT2D eigenvalue weighted by molar-refractivity contribution is 7.98. The number of rotatable bonds is 3. The summed E-state index contributed by atoms with van der Waals surface area (Å²) in [6, 6.07) is 5.35. The van der Waals surface area contributed by atoms with E-state index in [9.17, 15) is 9.18 Å². The van der Waals surface area contributed by atoms with E-state index in [1.807, 2.05) is 17.7 Å². The number of hydrogen-bond acceptors (Lipinski definition) is 7. The molecule has 0 radical (unpaired) electrons. The van der Waals surface area contributed by atoms with Crippen LogP contribution in [0, 0.1) is 5.82 Å². The summed E-state index contributed by atoms with van der Waals surface area (Å²) in [4.78, 5) is 18.9. The maximum absolute atomic E-state index is 13.1. The Balaban J connectivity index is 1.62. The van der Waals surface area contributed by atoms with E-state index in [-0.39, 0.29) is 17.8 Å². The average Bonchev–Trinajstić information content (AvgIpc) is 3.29. The Hall–Kier alpha value is -2.33. The standard InChI is InChI=1S/C16H15FN6OS2/c1-9-12-19-20-13(14-18-16(25-2)21-26-14)23(12)8-7-22(9)15(24)10-3-5-11(17)6-4-10/h3-6,9H,7-8H2,1-2H3/t9-/m1/s1. The summed E-state index contributed by atoms with van der Waals surface area (Å²) in [6.45, 7) is 3.00. The molecule has 1 amide bonds. The maximum atomic E-state index is 13.1. The lowest BCUT2D eigenvalue weighted by atomic mass is 10.1. The van der Waals surface area contributed by atoms with Crippen molar-refractivity contribution in [3.63, 3.8) is 0 Å². The lowest BCUT2D eigenvalue weighted by molar-refractivity contribution is 0.0638. The molecule has 0 fully saturated rings. The number of carbonyl (C=O) groups excluding carboxylic acids is 1. The first-order valence-electron chi connectivity index (χ1n) is 7.96. The van der Waals surface area contributed by atoms with Crippen molar-refractivity contribution >= 4 is 29.2 Å². The Kier molecular flexibility index (Phi) is 4.45. The number of nitrogens with zero attached hydrogens (tertiary/aromatic N) is 6. The molecule has 1 aromatic carbocycles. The van der Waals surface area contributed by atoms with Gasteiger partial charge in [0.25, 0.3) is 5.91 Å². The van der Waals surface area contributed by atoms with Gasteiger partial charge in [-0.1, -0.05) is 11.8 Å². The van der Waals surface area contributed by atoms with Crippen LogP contribution in [0.1, 0.15) is 29.1 Å². The number of thioether (sulfide) groups is 1. The molecule has 3 heterocycles. The molecule has 1 aliphatic rings. The van der Waals surface area contributed by atoms with Crippen LogP contribution in [0.3, 0.4) is 0 Å². The van der Waals surface area contributed by atoms with E-state index < -0.39 is 0 Å². The van der Waals surface area contributed by atoms with Crippen LogP contribution >= 0.6 is 23.3 Å². The second-order valence-electron chi connectivity index (χ2n) is 5.80. The molecular formula is C16H15FN6OS2. The third-order valence-corrected chi connectivity index (χ3v) is 5.69. The van der Waals surface area contributed by atoms with Crippen molar-refractivity contribution in [2.75, 3.05) is 12.8 Å². The third-order valence-electron chi connectivity index (χ3n) is 4.32. The summed E-state index contributed by atoms with van der Waals surface area (Å²) in [5.41, 5.74) is 0.458. The van der Waals surface area contributed by atoms with Gasteiger partial charge in [-0.05, 0) is 49.0 Å². The Morgan fingerprint density at radius 2 is 2.04 bits per heavy atom. The van der Waals surface area contributed by atoms with Gasteiger partial charge in [-0.25, -0.2) is 9.37 Å². The Bertz CT molecular complexity index is 954. The molecule has 10 heteroatoms. The molecule has 0 aliphatic carbocycles. The van der Waals surface area contributed by atoms with Crippen LogP contribution in [0.25, 0.3) is 10.8 Å². The average molecular weight is 390 g/mol. The smallest absolute Gasteiger partial charge is 0.254 e. The highest BCUT2D eigenvalue weighted by atomic mass is 32.2. The molecule has 3 aromatic rings. The van der Waals surface area contributed by atoms with Crippen molar-refractivity contribution in [1.29, 1.82) is 0 Å². The topological polar surface area (TPSA) is 76.8 Å². The summed E-state index contributed by atoms with van der Waals surface area (Å²) < 4.78 is 19.4. The van der Waals surface area contributed by atoms with Crippen LogP contribution in [-0.4, -0.2) is 47.7 Å². The lowest BCUT2D eigenvalue weighted by Gasteiger charge is -2.33. The van der Waals surface area contributed by atoms with Gasteiger partial charge in [0.15, 0.2) is 16.7 Å². The van der Waals surface area contributed by atoms with Gasteiger partial charge >= 0.3 is 0 Å². The fourth-order valence-corrected chi connectivity index (χ4v) is 4.18. The van der Waals surface area contributed by atoms with Gasteiger partial charge in [0.05, 0.1) is 6.04 Å². The minimum atomic E-state index is -0.362. The van der Waals surface area contributed by atoms with Gasteiger partial charge in [0.1, 0.15) is 5.82 Å².